The molecule has 3 aromatic carbocycles. The second-order valence-electron chi connectivity index (χ2n) is 7.27. The summed E-state index contributed by atoms with van der Waals surface area (Å²) in [5.41, 5.74) is 1.95. The Hall–Kier alpha value is -3.19. The van der Waals surface area contributed by atoms with Crippen LogP contribution in [-0.4, -0.2) is 18.5 Å². The standard InChI is InChI=1S/C25H19Cl3N2O4/c1-2-33-23-11-15(6-9-22(23)34-14-16-7-8-18(27)13-20(16)28)10-21-24(31)30(25(32)29-21)19-5-3-4-17(26)12-19/h3-13H,2,14H2,1H3,(H,29,32)/b21-10+. The maximum atomic E-state index is 12.9. The molecular formula is C25H19Cl3N2O4. The Kier molecular flexibility index (Phi) is 7.32. The number of anilines is 1. The van der Waals surface area contributed by atoms with E-state index in [-0.39, 0.29) is 12.3 Å². The van der Waals surface area contributed by atoms with Crippen LogP contribution in [0.2, 0.25) is 15.1 Å². The average Bonchev–Trinajstić information content (AvgIpc) is 3.07. The zero-order valence-corrected chi connectivity index (χ0v) is 20.2. The molecule has 1 fully saturated rings. The van der Waals surface area contributed by atoms with Gasteiger partial charge in [0.25, 0.3) is 5.91 Å². The van der Waals surface area contributed by atoms with Gasteiger partial charge in [0, 0.05) is 20.6 Å². The van der Waals surface area contributed by atoms with Crippen LogP contribution in [0.4, 0.5) is 10.5 Å². The molecule has 3 aromatic rings. The average molecular weight is 518 g/mol. The minimum Gasteiger partial charge on any atom is -0.490 e. The number of rotatable bonds is 7. The van der Waals surface area contributed by atoms with Crippen LogP contribution in [0.1, 0.15) is 18.1 Å². The maximum absolute atomic E-state index is 12.9. The van der Waals surface area contributed by atoms with Crippen LogP contribution >= 0.6 is 34.8 Å². The minimum absolute atomic E-state index is 0.133. The first-order valence-corrected chi connectivity index (χ1v) is 11.5. The number of hydrogen-bond acceptors (Lipinski definition) is 4. The van der Waals surface area contributed by atoms with Crippen molar-refractivity contribution >= 4 is 58.5 Å². The summed E-state index contributed by atoms with van der Waals surface area (Å²) in [7, 11) is 0. The molecule has 9 heteroatoms. The molecule has 0 saturated carbocycles. The zero-order valence-electron chi connectivity index (χ0n) is 18.0. The smallest absolute Gasteiger partial charge is 0.333 e. The van der Waals surface area contributed by atoms with E-state index < -0.39 is 11.9 Å². The molecule has 4 rings (SSSR count). The molecule has 1 N–H and O–H groups in total. The van der Waals surface area contributed by atoms with Gasteiger partial charge in [-0.25, -0.2) is 9.69 Å². The molecule has 1 aliphatic rings. The van der Waals surface area contributed by atoms with Crippen molar-refractivity contribution in [3.63, 3.8) is 0 Å². The number of nitrogens with zero attached hydrogens (tertiary/aromatic N) is 1. The molecular weight excluding hydrogens is 499 g/mol. The monoisotopic (exact) mass is 516 g/mol. The lowest BCUT2D eigenvalue weighted by Crippen LogP contribution is -2.30. The Morgan fingerprint density at radius 3 is 2.44 bits per heavy atom. The van der Waals surface area contributed by atoms with Crippen molar-refractivity contribution in [3.05, 3.63) is 92.6 Å². The van der Waals surface area contributed by atoms with E-state index in [2.05, 4.69) is 5.32 Å². The first-order valence-electron chi connectivity index (χ1n) is 10.3. The lowest BCUT2D eigenvalue weighted by Gasteiger charge is -2.13. The number of urea groups is 1. The molecule has 0 aromatic heterocycles. The van der Waals surface area contributed by atoms with Gasteiger partial charge < -0.3 is 14.8 Å². The largest absolute Gasteiger partial charge is 0.490 e. The van der Waals surface area contributed by atoms with Gasteiger partial charge in [-0.15, -0.1) is 0 Å². The normalized spacial score (nSPS) is 14.5. The first-order chi connectivity index (χ1) is 16.4. The summed E-state index contributed by atoms with van der Waals surface area (Å²) in [5, 5.41) is 4.08. The number of benzene rings is 3. The first kappa shape index (κ1) is 24.0. The molecule has 6 nitrogen and oxygen atoms in total. The Morgan fingerprint density at radius 2 is 1.71 bits per heavy atom. The highest BCUT2D eigenvalue weighted by molar-refractivity contribution is 6.35. The van der Waals surface area contributed by atoms with E-state index in [1.807, 2.05) is 6.92 Å². The van der Waals surface area contributed by atoms with Gasteiger partial charge in [0.05, 0.1) is 12.3 Å². The highest BCUT2D eigenvalue weighted by atomic mass is 35.5. The van der Waals surface area contributed by atoms with Crippen molar-refractivity contribution in [1.29, 1.82) is 0 Å². The van der Waals surface area contributed by atoms with Crippen LogP contribution in [0.3, 0.4) is 0 Å². The maximum Gasteiger partial charge on any atom is 0.333 e. The van der Waals surface area contributed by atoms with Gasteiger partial charge >= 0.3 is 6.03 Å². The Morgan fingerprint density at radius 1 is 0.912 bits per heavy atom. The van der Waals surface area contributed by atoms with Gasteiger partial charge in [0.1, 0.15) is 12.3 Å². The third kappa shape index (κ3) is 5.30. The van der Waals surface area contributed by atoms with Crippen molar-refractivity contribution in [3.8, 4) is 11.5 Å². The summed E-state index contributed by atoms with van der Waals surface area (Å²) in [6, 6.07) is 16.4. The Labute approximate surface area is 211 Å². The van der Waals surface area contributed by atoms with Crippen molar-refractivity contribution in [1.82, 2.24) is 5.32 Å². The molecule has 3 amide bonds. The zero-order chi connectivity index (χ0) is 24.2. The number of ether oxygens (including phenoxy) is 2. The van der Waals surface area contributed by atoms with E-state index in [9.17, 15) is 9.59 Å². The molecule has 1 heterocycles. The molecule has 0 atom stereocenters. The van der Waals surface area contributed by atoms with Gasteiger partial charge in [-0.2, -0.15) is 0 Å². The summed E-state index contributed by atoms with van der Waals surface area (Å²) in [4.78, 5) is 26.3. The van der Waals surface area contributed by atoms with Gasteiger partial charge in [-0.05, 0) is 61.0 Å². The summed E-state index contributed by atoms with van der Waals surface area (Å²) < 4.78 is 11.6. The molecule has 34 heavy (non-hydrogen) atoms. The van der Waals surface area contributed by atoms with Crippen molar-refractivity contribution < 1.29 is 19.1 Å². The van der Waals surface area contributed by atoms with Crippen LogP contribution < -0.4 is 19.7 Å². The third-order valence-electron chi connectivity index (χ3n) is 4.92. The number of imide groups is 1. The predicted octanol–water partition coefficient (Wildman–Crippen LogP) is 6.72. The summed E-state index contributed by atoms with van der Waals surface area (Å²) in [6.45, 7) is 2.49. The Bertz CT molecular complexity index is 1290. The van der Waals surface area contributed by atoms with E-state index in [4.69, 9.17) is 44.3 Å². The second kappa shape index (κ2) is 10.4. The number of nitrogens with one attached hydrogen (secondary N) is 1. The van der Waals surface area contributed by atoms with Crippen molar-refractivity contribution in [2.45, 2.75) is 13.5 Å². The van der Waals surface area contributed by atoms with E-state index in [1.54, 1.807) is 66.7 Å². The fourth-order valence-corrected chi connectivity index (χ4v) is 4.00. The van der Waals surface area contributed by atoms with Crippen LogP contribution in [-0.2, 0) is 11.4 Å². The van der Waals surface area contributed by atoms with Crippen LogP contribution in [0.15, 0.2) is 66.4 Å². The van der Waals surface area contributed by atoms with E-state index in [1.165, 1.54) is 0 Å². The minimum atomic E-state index is -0.552. The number of carbonyl (C=O) groups excluding carboxylic acids is 2. The van der Waals surface area contributed by atoms with Gasteiger partial charge in [0.15, 0.2) is 11.5 Å². The molecule has 174 valence electrons. The quantitative estimate of drug-likeness (QED) is 0.279. The lowest BCUT2D eigenvalue weighted by molar-refractivity contribution is -0.113. The van der Waals surface area contributed by atoms with Gasteiger partial charge in [-0.3, -0.25) is 4.79 Å². The fraction of sp³-hybridized carbons (Fsp3) is 0.120. The summed E-state index contributed by atoms with van der Waals surface area (Å²) in [6.07, 6.45) is 1.58. The summed E-state index contributed by atoms with van der Waals surface area (Å²) >= 11 is 18.2. The summed E-state index contributed by atoms with van der Waals surface area (Å²) in [5.74, 6) is 0.519. The number of carbonyl (C=O) groups is 2. The molecule has 0 aliphatic carbocycles. The highest BCUT2D eigenvalue weighted by Crippen LogP contribution is 2.32. The van der Waals surface area contributed by atoms with E-state index >= 15 is 0 Å². The molecule has 0 bridgehead atoms. The molecule has 0 radical (unpaired) electrons. The van der Waals surface area contributed by atoms with Crippen LogP contribution in [0, 0.1) is 0 Å². The van der Waals surface area contributed by atoms with E-state index in [0.717, 1.165) is 10.5 Å². The highest BCUT2D eigenvalue weighted by Gasteiger charge is 2.35. The molecule has 1 aliphatic heterocycles. The van der Waals surface area contributed by atoms with E-state index in [0.29, 0.717) is 44.4 Å². The number of amides is 3. The van der Waals surface area contributed by atoms with Crippen LogP contribution in [0.5, 0.6) is 11.5 Å². The molecule has 0 spiro atoms. The fourth-order valence-electron chi connectivity index (χ4n) is 3.35. The molecule has 1 saturated heterocycles. The van der Waals surface area contributed by atoms with Gasteiger partial charge in [0.2, 0.25) is 0 Å². The van der Waals surface area contributed by atoms with Gasteiger partial charge in [-0.1, -0.05) is 53.0 Å². The van der Waals surface area contributed by atoms with Crippen molar-refractivity contribution in [2.75, 3.05) is 11.5 Å². The predicted molar refractivity (Wildman–Crippen MR) is 134 cm³/mol. The molecule has 0 unspecified atom stereocenters. The SMILES string of the molecule is CCOc1cc(/C=C2/NC(=O)N(c3cccc(Cl)c3)C2=O)ccc1OCc1ccc(Cl)cc1Cl. The second-order valence-corrected chi connectivity index (χ2v) is 8.55. The Balaban J connectivity index is 1.56. The van der Waals surface area contributed by atoms with Crippen LogP contribution in [0.25, 0.3) is 6.08 Å². The number of halogens is 3. The lowest BCUT2D eigenvalue weighted by atomic mass is 10.1. The topological polar surface area (TPSA) is 67.9 Å². The number of hydrogen-bond donors (Lipinski definition) is 1. The third-order valence-corrected chi connectivity index (χ3v) is 5.74. The van der Waals surface area contributed by atoms with Crippen molar-refractivity contribution in [2.24, 2.45) is 0 Å².